The molecule has 2 rings (SSSR count). The average Bonchev–Trinajstić information content (AvgIpc) is 2.35. The molecule has 0 amide bonds. The van der Waals surface area contributed by atoms with E-state index in [4.69, 9.17) is 0 Å². The summed E-state index contributed by atoms with van der Waals surface area (Å²) < 4.78 is 40.1. The molecule has 0 bridgehead atoms. The zero-order valence-electron chi connectivity index (χ0n) is 11.8. The molecule has 5 heteroatoms. The van der Waals surface area contributed by atoms with Gasteiger partial charge >= 0.3 is 6.18 Å². The van der Waals surface area contributed by atoms with Crippen LogP contribution < -0.4 is 4.57 Å². The monoisotopic (exact) mass is 281 g/mol. The molecule has 0 saturated carbocycles. The van der Waals surface area contributed by atoms with Crippen molar-refractivity contribution in [2.45, 2.75) is 26.9 Å². The van der Waals surface area contributed by atoms with Gasteiger partial charge in [0, 0.05) is 6.92 Å². The highest BCUT2D eigenvalue weighted by atomic mass is 19.4. The molecule has 0 aliphatic heterocycles. The number of nitrogens with zero attached hydrogens (tertiary/aromatic N) is 2. The van der Waals surface area contributed by atoms with Crippen LogP contribution in [0.5, 0.6) is 0 Å². The van der Waals surface area contributed by atoms with Gasteiger partial charge in [-0.25, -0.2) is 4.98 Å². The van der Waals surface area contributed by atoms with Gasteiger partial charge in [0.25, 0.3) is 0 Å². The average molecular weight is 281 g/mol. The third-order valence-corrected chi connectivity index (χ3v) is 3.46. The Labute approximate surface area is 115 Å². The maximum absolute atomic E-state index is 12.7. The van der Waals surface area contributed by atoms with Crippen LogP contribution in [0.1, 0.15) is 22.5 Å². The Morgan fingerprint density at radius 3 is 2.30 bits per heavy atom. The molecule has 0 spiro atoms. The Balaban J connectivity index is 2.64. The molecule has 106 valence electrons. The first-order chi connectivity index (χ1) is 9.21. The highest BCUT2D eigenvalue weighted by Gasteiger charge is 2.31. The van der Waals surface area contributed by atoms with Gasteiger partial charge in [-0.2, -0.15) is 17.7 Å². The molecule has 0 fully saturated rings. The van der Waals surface area contributed by atoms with Crippen molar-refractivity contribution in [2.24, 2.45) is 7.05 Å². The van der Waals surface area contributed by atoms with E-state index in [1.54, 1.807) is 13.1 Å². The Kier molecular flexibility index (Phi) is 3.54. The lowest BCUT2D eigenvalue weighted by Gasteiger charge is -2.11. The first-order valence-electron chi connectivity index (χ1n) is 6.22. The number of hydrogen-bond acceptors (Lipinski definition) is 1. The van der Waals surface area contributed by atoms with Crippen molar-refractivity contribution in [3.05, 3.63) is 46.9 Å². The molecule has 0 atom stereocenters. The number of benzene rings is 1. The van der Waals surface area contributed by atoms with Crippen LogP contribution in [-0.2, 0) is 13.2 Å². The molecule has 0 aliphatic rings. The van der Waals surface area contributed by atoms with Crippen molar-refractivity contribution in [3.63, 3.8) is 0 Å². The van der Waals surface area contributed by atoms with Gasteiger partial charge in [0.05, 0.1) is 17.3 Å². The summed E-state index contributed by atoms with van der Waals surface area (Å²) in [5, 5.41) is 0. The SMILES string of the molecule is Cc1cc(C(F)(F)F)ccc1-c1c(C)ncc(C)[n+]1C. The van der Waals surface area contributed by atoms with Crippen molar-refractivity contribution < 1.29 is 17.7 Å². The zero-order valence-corrected chi connectivity index (χ0v) is 11.8. The van der Waals surface area contributed by atoms with Crippen LogP contribution >= 0.6 is 0 Å². The topological polar surface area (TPSA) is 16.8 Å². The molecule has 0 saturated heterocycles. The van der Waals surface area contributed by atoms with Crippen molar-refractivity contribution in [2.75, 3.05) is 0 Å². The zero-order chi connectivity index (χ0) is 15.1. The summed E-state index contributed by atoms with van der Waals surface area (Å²) in [5.74, 6) is 0. The van der Waals surface area contributed by atoms with Crippen molar-refractivity contribution >= 4 is 0 Å². The summed E-state index contributed by atoms with van der Waals surface area (Å²) in [7, 11) is 1.89. The molecule has 0 N–H and O–H groups in total. The number of alkyl halides is 3. The summed E-state index contributed by atoms with van der Waals surface area (Å²) in [6, 6.07) is 3.81. The number of aromatic nitrogens is 2. The smallest absolute Gasteiger partial charge is 0.248 e. The number of halogens is 3. The molecule has 1 heterocycles. The van der Waals surface area contributed by atoms with Gasteiger partial charge in [-0.05, 0) is 37.6 Å². The molecular formula is C15H16F3N2+. The molecule has 2 nitrogen and oxygen atoms in total. The van der Waals surface area contributed by atoms with Crippen LogP contribution in [0.3, 0.4) is 0 Å². The fourth-order valence-electron chi connectivity index (χ4n) is 2.24. The molecule has 20 heavy (non-hydrogen) atoms. The molecular weight excluding hydrogens is 265 g/mol. The van der Waals surface area contributed by atoms with E-state index in [2.05, 4.69) is 4.98 Å². The van der Waals surface area contributed by atoms with E-state index in [9.17, 15) is 13.2 Å². The van der Waals surface area contributed by atoms with Crippen molar-refractivity contribution in [1.29, 1.82) is 0 Å². The molecule has 0 radical (unpaired) electrons. The quantitative estimate of drug-likeness (QED) is 0.731. The molecule has 2 aromatic rings. The minimum atomic E-state index is -4.31. The second-order valence-corrected chi connectivity index (χ2v) is 4.92. The van der Waals surface area contributed by atoms with Gasteiger partial charge < -0.3 is 0 Å². The van der Waals surface area contributed by atoms with Crippen molar-refractivity contribution in [1.82, 2.24) is 4.98 Å². The largest absolute Gasteiger partial charge is 0.416 e. The van der Waals surface area contributed by atoms with E-state index >= 15 is 0 Å². The second-order valence-electron chi connectivity index (χ2n) is 4.92. The Morgan fingerprint density at radius 1 is 1.10 bits per heavy atom. The van der Waals surface area contributed by atoms with E-state index in [0.717, 1.165) is 28.7 Å². The maximum Gasteiger partial charge on any atom is 0.416 e. The Morgan fingerprint density at radius 2 is 1.75 bits per heavy atom. The predicted molar refractivity (Wildman–Crippen MR) is 70.1 cm³/mol. The highest BCUT2D eigenvalue weighted by Crippen LogP contribution is 2.32. The van der Waals surface area contributed by atoms with E-state index in [0.29, 0.717) is 5.56 Å². The predicted octanol–water partition coefficient (Wildman–Crippen LogP) is 3.52. The van der Waals surface area contributed by atoms with Gasteiger partial charge in [-0.3, -0.25) is 0 Å². The minimum absolute atomic E-state index is 0.589. The van der Waals surface area contributed by atoms with E-state index < -0.39 is 11.7 Å². The van der Waals surface area contributed by atoms with Gasteiger partial charge in [-0.15, -0.1) is 0 Å². The Hall–Kier alpha value is -1.91. The second kappa shape index (κ2) is 4.89. The summed E-state index contributed by atoms with van der Waals surface area (Å²) in [5.41, 5.74) is 3.32. The minimum Gasteiger partial charge on any atom is -0.248 e. The third kappa shape index (κ3) is 2.53. The lowest BCUT2D eigenvalue weighted by molar-refractivity contribution is -0.667. The summed E-state index contributed by atoms with van der Waals surface area (Å²) >= 11 is 0. The summed E-state index contributed by atoms with van der Waals surface area (Å²) in [6.07, 6.45) is -2.57. The first-order valence-corrected chi connectivity index (χ1v) is 6.22. The van der Waals surface area contributed by atoms with Crippen LogP contribution in [0, 0.1) is 20.8 Å². The standard InChI is InChI=1S/C15H16F3N2/c1-9-7-12(15(16,17)18)5-6-13(9)14-11(3)19-8-10(2)20(14)4/h5-8H,1-4H3/q+1. The normalized spacial score (nSPS) is 11.8. The molecule has 1 aromatic carbocycles. The molecule has 1 aromatic heterocycles. The van der Waals surface area contributed by atoms with Crippen LogP contribution in [-0.4, -0.2) is 4.98 Å². The number of hydrogen-bond donors (Lipinski definition) is 0. The summed E-state index contributed by atoms with van der Waals surface area (Å²) in [4.78, 5) is 4.29. The van der Waals surface area contributed by atoms with Gasteiger partial charge in [0.2, 0.25) is 5.69 Å². The number of aryl methyl sites for hydroxylation is 3. The summed E-state index contributed by atoms with van der Waals surface area (Å²) in [6.45, 7) is 5.45. The van der Waals surface area contributed by atoms with E-state index in [1.807, 2.05) is 25.5 Å². The van der Waals surface area contributed by atoms with Crippen LogP contribution in [0.15, 0.2) is 24.4 Å². The fourth-order valence-corrected chi connectivity index (χ4v) is 2.24. The first kappa shape index (κ1) is 14.5. The third-order valence-electron chi connectivity index (χ3n) is 3.46. The van der Waals surface area contributed by atoms with Crippen LogP contribution in [0.25, 0.3) is 11.3 Å². The van der Waals surface area contributed by atoms with Gasteiger partial charge in [0.15, 0.2) is 5.69 Å². The lowest BCUT2D eigenvalue weighted by Crippen LogP contribution is -2.36. The molecule has 0 aliphatic carbocycles. The van der Waals surface area contributed by atoms with Crippen molar-refractivity contribution in [3.8, 4) is 11.3 Å². The maximum atomic E-state index is 12.7. The Bertz CT molecular complexity index is 661. The van der Waals surface area contributed by atoms with E-state index in [1.165, 1.54) is 12.1 Å². The van der Waals surface area contributed by atoms with Gasteiger partial charge in [0.1, 0.15) is 12.7 Å². The molecule has 0 unspecified atom stereocenters. The van der Waals surface area contributed by atoms with Crippen LogP contribution in [0.4, 0.5) is 13.2 Å². The van der Waals surface area contributed by atoms with Gasteiger partial charge in [-0.1, -0.05) is 0 Å². The van der Waals surface area contributed by atoms with E-state index in [-0.39, 0.29) is 0 Å². The van der Waals surface area contributed by atoms with Crippen LogP contribution in [0.2, 0.25) is 0 Å². The fraction of sp³-hybridized carbons (Fsp3) is 0.333. The number of rotatable bonds is 1. The highest BCUT2D eigenvalue weighted by molar-refractivity contribution is 5.63. The lowest BCUT2D eigenvalue weighted by atomic mass is 10.0.